The highest BCUT2D eigenvalue weighted by atomic mass is 35.5. The third-order valence-corrected chi connectivity index (χ3v) is 4.24. The van der Waals surface area contributed by atoms with Crippen LogP contribution in [0.3, 0.4) is 0 Å². The second-order valence-corrected chi connectivity index (χ2v) is 5.13. The molecule has 0 aliphatic heterocycles. The Hall–Kier alpha value is -0.420. The molecular formula is C9H9ClN2S2. The first-order valence-corrected chi connectivity index (χ1v) is 6.22. The molecule has 0 unspecified atom stereocenters. The van der Waals surface area contributed by atoms with E-state index >= 15 is 0 Å². The average molecular weight is 245 g/mol. The van der Waals surface area contributed by atoms with Crippen LogP contribution in [0.4, 0.5) is 0 Å². The third kappa shape index (κ3) is 1.98. The lowest BCUT2D eigenvalue weighted by atomic mass is 10.5. The maximum Gasteiger partial charge on any atom is 0.145 e. The number of nitrogens with one attached hydrogen (secondary N) is 1. The number of hydrogen-bond donors (Lipinski definition) is 1. The predicted molar refractivity (Wildman–Crippen MR) is 63.2 cm³/mol. The molecule has 0 saturated heterocycles. The molecule has 0 aliphatic rings. The maximum absolute atomic E-state index is 6.00. The van der Waals surface area contributed by atoms with Crippen molar-refractivity contribution >= 4 is 34.3 Å². The molecule has 2 aromatic heterocycles. The van der Waals surface area contributed by atoms with E-state index < -0.39 is 0 Å². The van der Waals surface area contributed by atoms with Crippen LogP contribution in [0, 0.1) is 0 Å². The molecule has 0 radical (unpaired) electrons. The number of thiophene rings is 1. The molecule has 0 atom stereocenters. The van der Waals surface area contributed by atoms with Gasteiger partial charge in [0.25, 0.3) is 0 Å². The van der Waals surface area contributed by atoms with Gasteiger partial charge in [-0.1, -0.05) is 17.7 Å². The molecule has 0 fully saturated rings. The highest BCUT2D eigenvalue weighted by molar-refractivity contribution is 7.21. The lowest BCUT2D eigenvalue weighted by Gasteiger charge is -1.91. The second kappa shape index (κ2) is 4.40. The van der Waals surface area contributed by atoms with Gasteiger partial charge in [-0.25, -0.2) is 4.98 Å². The summed E-state index contributed by atoms with van der Waals surface area (Å²) in [7, 11) is 1.90. The van der Waals surface area contributed by atoms with Crippen molar-refractivity contribution in [1.82, 2.24) is 10.3 Å². The molecular weight excluding hydrogens is 236 g/mol. The van der Waals surface area contributed by atoms with Crippen LogP contribution in [0.1, 0.15) is 4.88 Å². The fourth-order valence-electron chi connectivity index (χ4n) is 1.11. The molecule has 0 aromatic carbocycles. The zero-order valence-electron chi connectivity index (χ0n) is 7.58. The van der Waals surface area contributed by atoms with E-state index in [0.717, 1.165) is 16.4 Å². The van der Waals surface area contributed by atoms with Crippen LogP contribution in [-0.4, -0.2) is 12.0 Å². The predicted octanol–water partition coefficient (Wildman–Crippen LogP) is 3.24. The summed E-state index contributed by atoms with van der Waals surface area (Å²) in [6, 6.07) is 4.08. The van der Waals surface area contributed by atoms with Crippen LogP contribution < -0.4 is 5.32 Å². The van der Waals surface area contributed by atoms with Gasteiger partial charge >= 0.3 is 0 Å². The molecule has 2 aromatic rings. The van der Waals surface area contributed by atoms with Crippen molar-refractivity contribution in [2.75, 3.05) is 7.05 Å². The second-order valence-electron chi connectivity index (χ2n) is 2.74. The van der Waals surface area contributed by atoms with E-state index in [1.54, 1.807) is 22.7 Å². The van der Waals surface area contributed by atoms with Gasteiger partial charge in [-0.3, -0.25) is 0 Å². The van der Waals surface area contributed by atoms with Crippen LogP contribution in [0.5, 0.6) is 0 Å². The Labute approximate surface area is 95.6 Å². The van der Waals surface area contributed by atoms with E-state index in [9.17, 15) is 0 Å². The van der Waals surface area contributed by atoms with Gasteiger partial charge in [-0.2, -0.15) is 0 Å². The summed E-state index contributed by atoms with van der Waals surface area (Å²) < 4.78 is 0. The Balaban J connectivity index is 2.33. The van der Waals surface area contributed by atoms with Crippen LogP contribution in [0.15, 0.2) is 17.5 Å². The monoisotopic (exact) mass is 244 g/mol. The number of rotatable bonds is 3. The number of thiazole rings is 1. The highest BCUT2D eigenvalue weighted by Crippen LogP contribution is 2.33. The zero-order valence-corrected chi connectivity index (χ0v) is 9.97. The summed E-state index contributed by atoms with van der Waals surface area (Å²) in [6.07, 6.45) is 0. The van der Waals surface area contributed by atoms with Crippen molar-refractivity contribution in [3.05, 3.63) is 27.5 Å². The van der Waals surface area contributed by atoms with Gasteiger partial charge in [-0.05, 0) is 18.5 Å². The molecule has 5 heteroatoms. The van der Waals surface area contributed by atoms with Gasteiger partial charge < -0.3 is 5.32 Å². The summed E-state index contributed by atoms with van der Waals surface area (Å²) in [6.45, 7) is 0.780. The summed E-state index contributed by atoms with van der Waals surface area (Å²) in [5.74, 6) is 0. The Morgan fingerprint density at radius 2 is 2.43 bits per heavy atom. The topological polar surface area (TPSA) is 24.9 Å². The number of hydrogen-bond acceptors (Lipinski definition) is 4. The number of nitrogens with zero attached hydrogens (tertiary/aromatic N) is 1. The molecule has 0 saturated carbocycles. The highest BCUT2D eigenvalue weighted by Gasteiger charge is 2.10. The van der Waals surface area contributed by atoms with E-state index in [1.165, 1.54) is 4.88 Å². The minimum absolute atomic E-state index is 0.618. The molecule has 0 aliphatic carbocycles. The lowest BCUT2D eigenvalue weighted by molar-refractivity contribution is 0.829. The first kappa shape index (κ1) is 10.1. The normalized spacial score (nSPS) is 10.7. The van der Waals surface area contributed by atoms with Crippen molar-refractivity contribution in [2.24, 2.45) is 0 Å². The van der Waals surface area contributed by atoms with E-state index in [0.29, 0.717) is 5.15 Å². The van der Waals surface area contributed by atoms with Gasteiger partial charge in [0.05, 0.1) is 9.75 Å². The van der Waals surface area contributed by atoms with E-state index in [4.69, 9.17) is 11.6 Å². The Morgan fingerprint density at radius 1 is 1.57 bits per heavy atom. The zero-order chi connectivity index (χ0) is 9.97. The molecule has 0 bridgehead atoms. The summed E-state index contributed by atoms with van der Waals surface area (Å²) in [5.41, 5.74) is 0. The van der Waals surface area contributed by atoms with Crippen LogP contribution >= 0.6 is 34.3 Å². The first-order chi connectivity index (χ1) is 6.81. The van der Waals surface area contributed by atoms with Crippen molar-refractivity contribution in [3.63, 3.8) is 0 Å². The molecule has 74 valence electrons. The lowest BCUT2D eigenvalue weighted by Crippen LogP contribution is -2.03. The van der Waals surface area contributed by atoms with Crippen LogP contribution in [0.25, 0.3) is 9.88 Å². The summed E-state index contributed by atoms with van der Waals surface area (Å²) >= 11 is 9.34. The smallest absolute Gasteiger partial charge is 0.145 e. The first-order valence-electron chi connectivity index (χ1n) is 4.15. The summed E-state index contributed by atoms with van der Waals surface area (Å²) in [4.78, 5) is 6.60. The third-order valence-electron chi connectivity index (χ3n) is 1.72. The van der Waals surface area contributed by atoms with Crippen LogP contribution in [0.2, 0.25) is 5.15 Å². The molecule has 0 amide bonds. The fourth-order valence-corrected chi connectivity index (χ4v) is 3.19. The minimum atomic E-state index is 0.618. The van der Waals surface area contributed by atoms with Crippen molar-refractivity contribution in [1.29, 1.82) is 0 Å². The van der Waals surface area contributed by atoms with Gasteiger partial charge in [0.2, 0.25) is 0 Å². The molecule has 2 rings (SSSR count). The Morgan fingerprint density at radius 3 is 3.07 bits per heavy atom. The van der Waals surface area contributed by atoms with Gasteiger partial charge in [-0.15, -0.1) is 22.7 Å². The van der Waals surface area contributed by atoms with Gasteiger partial charge in [0.15, 0.2) is 0 Å². The largest absolute Gasteiger partial charge is 0.315 e. The van der Waals surface area contributed by atoms with Crippen molar-refractivity contribution in [3.8, 4) is 9.88 Å². The molecule has 2 heterocycles. The number of halogens is 1. The van der Waals surface area contributed by atoms with Gasteiger partial charge in [0.1, 0.15) is 10.2 Å². The summed E-state index contributed by atoms with van der Waals surface area (Å²) in [5, 5.41) is 6.74. The molecule has 2 nitrogen and oxygen atoms in total. The fraction of sp³-hybridized carbons (Fsp3) is 0.222. The average Bonchev–Trinajstić information content (AvgIpc) is 2.76. The SMILES string of the molecule is CNCc1sc(-c2cccs2)nc1Cl. The molecule has 14 heavy (non-hydrogen) atoms. The van der Waals surface area contributed by atoms with Crippen molar-refractivity contribution in [2.45, 2.75) is 6.54 Å². The standard InChI is InChI=1S/C9H9ClN2S2/c1-11-5-7-8(10)12-9(14-7)6-3-2-4-13-6/h2-4,11H,5H2,1H3. The Bertz CT molecular complexity index is 408. The number of aromatic nitrogens is 1. The molecule has 0 spiro atoms. The Kier molecular flexibility index (Phi) is 3.18. The molecule has 1 N–H and O–H groups in total. The van der Waals surface area contributed by atoms with E-state index in [2.05, 4.69) is 16.4 Å². The van der Waals surface area contributed by atoms with Crippen molar-refractivity contribution < 1.29 is 0 Å². The minimum Gasteiger partial charge on any atom is -0.315 e. The quantitative estimate of drug-likeness (QED) is 0.897. The maximum atomic E-state index is 6.00. The van der Waals surface area contributed by atoms with Crippen LogP contribution in [-0.2, 0) is 6.54 Å². The van der Waals surface area contributed by atoms with E-state index in [-0.39, 0.29) is 0 Å². The van der Waals surface area contributed by atoms with Gasteiger partial charge in [0, 0.05) is 6.54 Å². The van der Waals surface area contributed by atoms with E-state index in [1.807, 2.05) is 18.5 Å².